The molecule has 0 unspecified atom stereocenters. The van der Waals surface area contributed by atoms with E-state index in [0.717, 1.165) is 12.8 Å². The SMILES string of the molecule is CCCC[n+]1ccccc1C(=O)c1oc(C)c(O)c1O. The summed E-state index contributed by atoms with van der Waals surface area (Å²) in [7, 11) is 0. The van der Waals surface area contributed by atoms with Crippen molar-refractivity contribution >= 4 is 5.78 Å². The van der Waals surface area contributed by atoms with Crippen LogP contribution in [0.1, 0.15) is 41.8 Å². The second-order valence-electron chi connectivity index (χ2n) is 4.65. The summed E-state index contributed by atoms with van der Waals surface area (Å²) < 4.78 is 6.98. The Labute approximate surface area is 117 Å². The second kappa shape index (κ2) is 5.77. The fourth-order valence-corrected chi connectivity index (χ4v) is 2.00. The van der Waals surface area contributed by atoms with Crippen LogP contribution in [0.5, 0.6) is 11.5 Å². The molecule has 0 aliphatic heterocycles. The van der Waals surface area contributed by atoms with E-state index in [-0.39, 0.29) is 17.3 Å². The minimum atomic E-state index is -0.501. The molecule has 2 N–H and O–H groups in total. The molecule has 0 aromatic carbocycles. The summed E-state index contributed by atoms with van der Waals surface area (Å²) in [6.07, 6.45) is 3.78. The lowest BCUT2D eigenvalue weighted by molar-refractivity contribution is -0.699. The Bertz CT molecular complexity index is 631. The molecule has 0 aliphatic rings. The van der Waals surface area contributed by atoms with E-state index in [9.17, 15) is 15.0 Å². The number of aryl methyl sites for hydroxylation is 2. The van der Waals surface area contributed by atoms with Crippen molar-refractivity contribution in [2.75, 3.05) is 0 Å². The number of aromatic nitrogens is 1. The van der Waals surface area contributed by atoms with Gasteiger partial charge in [0.05, 0.1) is 0 Å². The molecule has 0 aliphatic carbocycles. The fraction of sp³-hybridized carbons (Fsp3) is 0.333. The molecule has 0 saturated carbocycles. The molecular formula is C15H18NO4+. The van der Waals surface area contributed by atoms with E-state index in [0.29, 0.717) is 12.2 Å². The Morgan fingerprint density at radius 3 is 2.65 bits per heavy atom. The van der Waals surface area contributed by atoms with E-state index < -0.39 is 11.5 Å². The first-order chi connectivity index (χ1) is 9.56. The lowest BCUT2D eigenvalue weighted by Gasteiger charge is -2.01. The summed E-state index contributed by atoms with van der Waals surface area (Å²) in [6.45, 7) is 4.28. The predicted octanol–water partition coefficient (Wildman–Crippen LogP) is 2.32. The average molecular weight is 276 g/mol. The maximum Gasteiger partial charge on any atom is 0.295 e. The molecule has 106 valence electrons. The number of ketones is 1. The van der Waals surface area contributed by atoms with Crippen molar-refractivity contribution in [3.63, 3.8) is 0 Å². The van der Waals surface area contributed by atoms with Crippen LogP contribution in [0.25, 0.3) is 0 Å². The highest BCUT2D eigenvalue weighted by Gasteiger charge is 2.29. The maximum absolute atomic E-state index is 12.4. The van der Waals surface area contributed by atoms with Crippen LogP contribution in [-0.2, 0) is 6.54 Å². The Balaban J connectivity index is 2.40. The van der Waals surface area contributed by atoms with E-state index in [4.69, 9.17) is 4.42 Å². The van der Waals surface area contributed by atoms with Crippen LogP contribution in [-0.4, -0.2) is 16.0 Å². The van der Waals surface area contributed by atoms with Crippen molar-refractivity contribution < 1.29 is 24.0 Å². The average Bonchev–Trinajstić information content (AvgIpc) is 2.72. The zero-order valence-corrected chi connectivity index (χ0v) is 11.6. The van der Waals surface area contributed by atoms with Gasteiger partial charge in [-0.1, -0.05) is 13.3 Å². The highest BCUT2D eigenvalue weighted by Crippen LogP contribution is 2.35. The van der Waals surface area contributed by atoms with Crippen LogP contribution >= 0.6 is 0 Å². The first-order valence-electron chi connectivity index (χ1n) is 6.60. The molecule has 20 heavy (non-hydrogen) atoms. The van der Waals surface area contributed by atoms with Crippen molar-refractivity contribution in [2.45, 2.75) is 33.2 Å². The highest BCUT2D eigenvalue weighted by atomic mass is 16.4. The molecule has 2 aromatic rings. The number of aromatic hydroxyl groups is 2. The van der Waals surface area contributed by atoms with Crippen LogP contribution in [0, 0.1) is 6.92 Å². The van der Waals surface area contributed by atoms with Crippen molar-refractivity contribution in [3.05, 3.63) is 41.6 Å². The van der Waals surface area contributed by atoms with Gasteiger partial charge in [-0.15, -0.1) is 0 Å². The molecule has 5 heteroatoms. The highest BCUT2D eigenvalue weighted by molar-refractivity contribution is 6.07. The van der Waals surface area contributed by atoms with E-state index in [2.05, 4.69) is 6.92 Å². The van der Waals surface area contributed by atoms with Crippen LogP contribution in [0.4, 0.5) is 0 Å². The number of hydrogen-bond donors (Lipinski definition) is 2. The molecule has 0 fully saturated rings. The van der Waals surface area contributed by atoms with Gasteiger partial charge in [-0.2, -0.15) is 4.57 Å². The number of carbonyl (C=O) groups excluding carboxylic acids is 1. The second-order valence-corrected chi connectivity index (χ2v) is 4.65. The van der Waals surface area contributed by atoms with E-state index in [1.54, 1.807) is 12.1 Å². The number of pyridine rings is 1. The Hall–Kier alpha value is -2.30. The molecule has 0 amide bonds. The van der Waals surface area contributed by atoms with Crippen molar-refractivity contribution in [3.8, 4) is 11.5 Å². The molecule has 5 nitrogen and oxygen atoms in total. The van der Waals surface area contributed by atoms with Gasteiger partial charge in [-0.25, -0.2) is 0 Å². The van der Waals surface area contributed by atoms with Crippen LogP contribution in [0.2, 0.25) is 0 Å². The molecule has 2 heterocycles. The Kier molecular flexibility index (Phi) is 4.08. The van der Waals surface area contributed by atoms with Gasteiger partial charge in [0.1, 0.15) is 12.3 Å². The normalized spacial score (nSPS) is 10.7. The molecule has 0 saturated heterocycles. The number of hydrogen-bond acceptors (Lipinski definition) is 4. The van der Waals surface area contributed by atoms with E-state index in [1.807, 2.05) is 16.8 Å². The maximum atomic E-state index is 12.4. The third-order valence-electron chi connectivity index (χ3n) is 3.16. The van der Waals surface area contributed by atoms with Crippen molar-refractivity contribution in [2.24, 2.45) is 0 Å². The van der Waals surface area contributed by atoms with Gasteiger partial charge >= 0.3 is 0 Å². The minimum absolute atomic E-state index is 0.127. The summed E-state index contributed by atoms with van der Waals surface area (Å²) in [6, 6.07) is 5.27. The zero-order valence-electron chi connectivity index (χ0n) is 11.6. The molecule has 2 rings (SSSR count). The fourth-order valence-electron chi connectivity index (χ4n) is 2.00. The lowest BCUT2D eigenvalue weighted by Crippen LogP contribution is -2.40. The number of carbonyl (C=O) groups is 1. The summed E-state index contributed by atoms with van der Waals surface area (Å²) >= 11 is 0. The van der Waals surface area contributed by atoms with Gasteiger partial charge in [0, 0.05) is 18.6 Å². The number of furan rings is 1. The summed E-state index contributed by atoms with van der Waals surface area (Å²) in [5.41, 5.74) is 0.421. The molecule has 0 bridgehead atoms. The third kappa shape index (κ3) is 2.52. The first-order valence-corrected chi connectivity index (χ1v) is 6.60. The number of nitrogens with zero attached hydrogens (tertiary/aromatic N) is 1. The molecule has 2 aromatic heterocycles. The first kappa shape index (κ1) is 14.1. The Morgan fingerprint density at radius 2 is 2.05 bits per heavy atom. The van der Waals surface area contributed by atoms with Gasteiger partial charge in [0.15, 0.2) is 6.20 Å². The Morgan fingerprint density at radius 1 is 1.30 bits per heavy atom. The number of rotatable bonds is 5. The van der Waals surface area contributed by atoms with Gasteiger partial charge < -0.3 is 14.6 Å². The summed E-state index contributed by atoms with van der Waals surface area (Å²) in [5, 5.41) is 19.3. The van der Waals surface area contributed by atoms with Gasteiger partial charge in [-0.05, 0) is 13.0 Å². The van der Waals surface area contributed by atoms with Gasteiger partial charge in [0.25, 0.3) is 11.5 Å². The standard InChI is InChI=1S/C15H17NO4/c1-3-4-8-16-9-6-5-7-11(16)13(18)15-14(19)12(17)10(2)20-15/h5-7,9H,3-4,8H2,1-2H3,(H-,17,18,19)/p+1. The molecular weight excluding hydrogens is 258 g/mol. The zero-order chi connectivity index (χ0) is 14.7. The van der Waals surface area contributed by atoms with Gasteiger partial charge in [0.2, 0.25) is 17.3 Å². The topological polar surface area (TPSA) is 74.6 Å². The lowest BCUT2D eigenvalue weighted by atomic mass is 10.1. The van der Waals surface area contributed by atoms with E-state index >= 15 is 0 Å². The largest absolute Gasteiger partial charge is 0.502 e. The third-order valence-corrected chi connectivity index (χ3v) is 3.16. The van der Waals surface area contributed by atoms with Gasteiger partial charge in [-0.3, -0.25) is 4.79 Å². The monoisotopic (exact) mass is 276 g/mol. The van der Waals surface area contributed by atoms with Crippen LogP contribution in [0.15, 0.2) is 28.8 Å². The predicted molar refractivity (Wildman–Crippen MR) is 71.8 cm³/mol. The van der Waals surface area contributed by atoms with Crippen molar-refractivity contribution in [1.82, 2.24) is 0 Å². The number of unbranched alkanes of at least 4 members (excludes halogenated alkanes) is 1. The van der Waals surface area contributed by atoms with Crippen molar-refractivity contribution in [1.29, 1.82) is 0 Å². The quantitative estimate of drug-likeness (QED) is 0.649. The summed E-state index contributed by atoms with van der Waals surface area (Å²) in [4.78, 5) is 12.4. The van der Waals surface area contributed by atoms with Crippen LogP contribution < -0.4 is 4.57 Å². The molecule has 0 spiro atoms. The molecule has 0 radical (unpaired) electrons. The molecule has 0 atom stereocenters. The smallest absolute Gasteiger partial charge is 0.295 e. The minimum Gasteiger partial charge on any atom is -0.502 e. The van der Waals surface area contributed by atoms with E-state index in [1.165, 1.54) is 6.92 Å². The van der Waals surface area contributed by atoms with Crippen LogP contribution in [0.3, 0.4) is 0 Å². The summed E-state index contributed by atoms with van der Waals surface area (Å²) in [5.74, 6) is -1.43.